The number of carbonyl (C=O) groups is 1. The molecule has 0 radical (unpaired) electrons. The van der Waals surface area contributed by atoms with E-state index in [0.29, 0.717) is 12.1 Å². The quantitative estimate of drug-likeness (QED) is 0.678. The zero-order chi connectivity index (χ0) is 14.3. The molecule has 4 nitrogen and oxygen atoms in total. The maximum Gasteiger partial charge on any atom is 0.407 e. The largest absolute Gasteiger partial charge is 0.444 e. The molecule has 1 N–H and O–H groups in total. The molecule has 1 aromatic carbocycles. The van der Waals surface area contributed by atoms with Crippen molar-refractivity contribution in [2.24, 2.45) is 0 Å². The number of nitrogens with one attached hydrogen (secondary N) is 1. The Kier molecular flexibility index (Phi) is 5.71. The molecule has 5 heteroatoms. The van der Waals surface area contributed by atoms with Gasteiger partial charge < -0.3 is 10.1 Å². The molecule has 0 unspecified atom stereocenters. The highest BCUT2D eigenvalue weighted by Crippen LogP contribution is 2.17. The first-order valence-corrected chi connectivity index (χ1v) is 6.99. The minimum atomic E-state index is -0.468. The molecule has 0 aromatic heterocycles. The predicted molar refractivity (Wildman–Crippen MR) is 76.1 cm³/mol. The van der Waals surface area contributed by atoms with Crippen molar-refractivity contribution in [3.63, 3.8) is 0 Å². The number of thioether (sulfide) groups is 1. The van der Waals surface area contributed by atoms with Gasteiger partial charge in [0.2, 0.25) is 0 Å². The third kappa shape index (κ3) is 6.73. The van der Waals surface area contributed by atoms with Crippen molar-refractivity contribution in [1.82, 2.24) is 5.32 Å². The summed E-state index contributed by atoms with van der Waals surface area (Å²) in [5.41, 5.74) is 0.181. The predicted octanol–water partition coefficient (Wildman–Crippen LogP) is 3.18. The minimum absolute atomic E-state index is 0.395. The fourth-order valence-electron chi connectivity index (χ4n) is 1.26. The van der Waals surface area contributed by atoms with Crippen LogP contribution in [0.4, 0.5) is 4.79 Å². The van der Waals surface area contributed by atoms with Crippen molar-refractivity contribution in [2.75, 3.05) is 12.3 Å². The van der Waals surface area contributed by atoms with Crippen molar-refractivity contribution in [1.29, 1.82) is 5.26 Å². The average Bonchev–Trinajstić information content (AvgIpc) is 2.33. The van der Waals surface area contributed by atoms with Gasteiger partial charge in [-0.15, -0.1) is 11.8 Å². The highest BCUT2D eigenvalue weighted by atomic mass is 32.2. The summed E-state index contributed by atoms with van der Waals surface area (Å²) in [6.45, 7) is 6.04. The van der Waals surface area contributed by atoms with E-state index in [4.69, 9.17) is 10.00 Å². The first-order valence-electron chi connectivity index (χ1n) is 6.00. The molecule has 0 aliphatic rings. The summed E-state index contributed by atoms with van der Waals surface area (Å²) in [7, 11) is 0. The highest BCUT2D eigenvalue weighted by molar-refractivity contribution is 7.99. The average molecular weight is 278 g/mol. The van der Waals surface area contributed by atoms with E-state index in [0.717, 1.165) is 10.6 Å². The van der Waals surface area contributed by atoms with Crippen LogP contribution in [-0.2, 0) is 4.74 Å². The first-order chi connectivity index (χ1) is 8.90. The summed E-state index contributed by atoms with van der Waals surface area (Å²) in [5.74, 6) is 0.755. The molecule has 0 heterocycles. The number of nitriles is 1. The molecule has 0 bridgehead atoms. The van der Waals surface area contributed by atoms with Gasteiger partial charge in [0, 0.05) is 17.2 Å². The fourth-order valence-corrected chi connectivity index (χ4v) is 2.03. The SMILES string of the molecule is CC(C)(C)OC(=O)NCCSc1ccc(C#N)cc1. The smallest absolute Gasteiger partial charge is 0.407 e. The second-order valence-electron chi connectivity index (χ2n) is 4.91. The van der Waals surface area contributed by atoms with Crippen LogP contribution in [0.25, 0.3) is 0 Å². The van der Waals surface area contributed by atoms with Gasteiger partial charge in [-0.3, -0.25) is 0 Å². The van der Waals surface area contributed by atoms with Crippen LogP contribution in [0, 0.1) is 11.3 Å². The fraction of sp³-hybridized carbons (Fsp3) is 0.429. The third-order valence-electron chi connectivity index (χ3n) is 2.02. The summed E-state index contributed by atoms with van der Waals surface area (Å²) in [4.78, 5) is 12.4. The van der Waals surface area contributed by atoms with Crippen molar-refractivity contribution < 1.29 is 9.53 Å². The molecule has 1 amide bonds. The van der Waals surface area contributed by atoms with Gasteiger partial charge in [-0.25, -0.2) is 4.79 Å². The van der Waals surface area contributed by atoms with Crippen LogP contribution < -0.4 is 5.32 Å². The molecule has 19 heavy (non-hydrogen) atoms. The molecule has 0 saturated heterocycles. The normalized spacial score (nSPS) is 10.6. The van der Waals surface area contributed by atoms with Gasteiger partial charge in [0.25, 0.3) is 0 Å². The molecule has 0 fully saturated rings. The summed E-state index contributed by atoms with van der Waals surface area (Å²) in [5, 5.41) is 11.4. The van der Waals surface area contributed by atoms with E-state index >= 15 is 0 Å². The van der Waals surface area contributed by atoms with Crippen LogP contribution in [0.5, 0.6) is 0 Å². The van der Waals surface area contributed by atoms with E-state index in [-0.39, 0.29) is 0 Å². The van der Waals surface area contributed by atoms with Gasteiger partial charge in [0.05, 0.1) is 11.6 Å². The summed E-state index contributed by atoms with van der Waals surface area (Å²) in [6, 6.07) is 9.44. The standard InChI is InChI=1S/C14H18N2O2S/c1-14(2,3)18-13(17)16-8-9-19-12-6-4-11(10-15)5-7-12/h4-7H,8-9H2,1-3H3,(H,16,17). The van der Waals surface area contributed by atoms with Gasteiger partial charge in [0.15, 0.2) is 0 Å². The van der Waals surface area contributed by atoms with Gasteiger partial charge in [-0.1, -0.05) is 0 Å². The lowest BCUT2D eigenvalue weighted by molar-refractivity contribution is 0.0531. The van der Waals surface area contributed by atoms with Crippen LogP contribution in [-0.4, -0.2) is 24.0 Å². The molecule has 1 aromatic rings. The number of hydrogen-bond acceptors (Lipinski definition) is 4. The summed E-state index contributed by atoms with van der Waals surface area (Å²) >= 11 is 1.62. The Balaban J connectivity index is 2.24. The number of hydrogen-bond donors (Lipinski definition) is 1. The number of amides is 1. The molecular formula is C14H18N2O2S. The van der Waals surface area contributed by atoms with E-state index in [2.05, 4.69) is 11.4 Å². The van der Waals surface area contributed by atoms with Crippen LogP contribution in [0.1, 0.15) is 26.3 Å². The van der Waals surface area contributed by atoms with E-state index < -0.39 is 11.7 Å². The molecule has 0 aliphatic heterocycles. The second-order valence-corrected chi connectivity index (χ2v) is 6.08. The van der Waals surface area contributed by atoms with E-state index in [1.165, 1.54) is 0 Å². The zero-order valence-electron chi connectivity index (χ0n) is 11.4. The first kappa shape index (κ1) is 15.4. The van der Waals surface area contributed by atoms with Crippen molar-refractivity contribution in [3.8, 4) is 6.07 Å². The van der Waals surface area contributed by atoms with Gasteiger partial charge in [-0.2, -0.15) is 5.26 Å². The van der Waals surface area contributed by atoms with Gasteiger partial charge in [-0.05, 0) is 45.0 Å². The lowest BCUT2D eigenvalue weighted by Crippen LogP contribution is -2.33. The van der Waals surface area contributed by atoms with Crippen molar-refractivity contribution in [2.45, 2.75) is 31.3 Å². The Morgan fingerprint density at radius 2 is 2.00 bits per heavy atom. The number of ether oxygens (including phenoxy) is 1. The summed E-state index contributed by atoms with van der Waals surface area (Å²) < 4.78 is 5.12. The Bertz CT molecular complexity index is 458. The van der Waals surface area contributed by atoms with Crippen LogP contribution in [0.3, 0.4) is 0 Å². The molecule has 0 atom stereocenters. The van der Waals surface area contributed by atoms with Crippen molar-refractivity contribution in [3.05, 3.63) is 29.8 Å². The topological polar surface area (TPSA) is 62.1 Å². The molecule has 0 spiro atoms. The van der Waals surface area contributed by atoms with Crippen LogP contribution in [0.15, 0.2) is 29.2 Å². The van der Waals surface area contributed by atoms with E-state index in [1.807, 2.05) is 32.9 Å². The zero-order valence-corrected chi connectivity index (χ0v) is 12.2. The monoisotopic (exact) mass is 278 g/mol. The minimum Gasteiger partial charge on any atom is -0.444 e. The molecule has 0 saturated carbocycles. The maximum absolute atomic E-state index is 11.4. The Morgan fingerprint density at radius 1 is 1.37 bits per heavy atom. The lowest BCUT2D eigenvalue weighted by Gasteiger charge is -2.19. The van der Waals surface area contributed by atoms with Gasteiger partial charge >= 0.3 is 6.09 Å². The van der Waals surface area contributed by atoms with Crippen LogP contribution >= 0.6 is 11.8 Å². The molecular weight excluding hydrogens is 260 g/mol. The molecule has 0 aliphatic carbocycles. The lowest BCUT2D eigenvalue weighted by atomic mass is 10.2. The molecule has 1 rings (SSSR count). The molecule has 102 valence electrons. The third-order valence-corrected chi connectivity index (χ3v) is 3.04. The van der Waals surface area contributed by atoms with Crippen molar-refractivity contribution >= 4 is 17.9 Å². The van der Waals surface area contributed by atoms with Crippen LogP contribution in [0.2, 0.25) is 0 Å². The number of benzene rings is 1. The maximum atomic E-state index is 11.4. The highest BCUT2D eigenvalue weighted by Gasteiger charge is 2.15. The van der Waals surface area contributed by atoms with E-state index in [9.17, 15) is 4.79 Å². The Hall–Kier alpha value is -1.67. The Labute approximate surface area is 118 Å². The number of carbonyl (C=O) groups excluding carboxylic acids is 1. The number of nitrogens with zero attached hydrogens (tertiary/aromatic N) is 1. The number of alkyl carbamates (subject to hydrolysis) is 1. The number of rotatable bonds is 4. The van der Waals surface area contributed by atoms with E-state index in [1.54, 1.807) is 23.9 Å². The second kappa shape index (κ2) is 7.05. The van der Waals surface area contributed by atoms with Gasteiger partial charge in [0.1, 0.15) is 5.60 Å². The Morgan fingerprint density at radius 3 is 2.53 bits per heavy atom. The summed E-state index contributed by atoms with van der Waals surface area (Å²) in [6.07, 6.45) is -0.395.